The summed E-state index contributed by atoms with van der Waals surface area (Å²) in [5, 5.41) is 6.51. The van der Waals surface area contributed by atoms with E-state index in [2.05, 4.69) is 33.7 Å². The number of rotatable bonds is 7. The molecule has 2 aliphatic carbocycles. The molecule has 1 amide bonds. The van der Waals surface area contributed by atoms with Gasteiger partial charge in [0.15, 0.2) is 0 Å². The molecule has 1 aromatic heterocycles. The molecule has 1 heterocycles. The van der Waals surface area contributed by atoms with Crippen LogP contribution >= 0.6 is 0 Å². The molecule has 2 saturated carbocycles. The molecule has 0 bridgehead atoms. The number of aromatic nitrogens is 1. The van der Waals surface area contributed by atoms with Crippen LogP contribution < -0.4 is 10.6 Å². The molecule has 0 radical (unpaired) electrons. The first kappa shape index (κ1) is 11.8. The lowest BCUT2D eigenvalue weighted by atomic mass is 10.3. The van der Waals surface area contributed by atoms with Crippen LogP contribution in [0.25, 0.3) is 0 Å². The molecule has 2 aliphatic rings. The van der Waals surface area contributed by atoms with E-state index in [1.54, 1.807) is 0 Å². The van der Waals surface area contributed by atoms with E-state index >= 15 is 0 Å². The van der Waals surface area contributed by atoms with Crippen molar-refractivity contribution in [3.05, 3.63) is 24.0 Å². The van der Waals surface area contributed by atoms with Gasteiger partial charge in [-0.3, -0.25) is 4.79 Å². The molecule has 18 heavy (non-hydrogen) atoms. The molecular weight excluding hydrogens is 226 g/mol. The van der Waals surface area contributed by atoms with Crippen molar-refractivity contribution in [3.8, 4) is 0 Å². The van der Waals surface area contributed by atoms with Gasteiger partial charge < -0.3 is 15.2 Å². The molecule has 0 unspecified atom stereocenters. The van der Waals surface area contributed by atoms with Crippen LogP contribution in [0, 0.1) is 0 Å². The first-order valence-electron chi connectivity index (χ1n) is 6.97. The normalized spacial score (nSPS) is 18.9. The number of nitrogens with one attached hydrogen (secondary N) is 2. The van der Waals surface area contributed by atoms with E-state index < -0.39 is 0 Å². The van der Waals surface area contributed by atoms with Gasteiger partial charge in [-0.05, 0) is 37.3 Å². The summed E-state index contributed by atoms with van der Waals surface area (Å²) in [5.74, 6) is 0.184. The van der Waals surface area contributed by atoms with E-state index in [9.17, 15) is 4.79 Å². The van der Waals surface area contributed by atoms with Gasteiger partial charge in [0, 0.05) is 44.0 Å². The lowest BCUT2D eigenvalue weighted by Gasteiger charge is -2.04. The fraction of sp³-hybridized carbons (Fsp3) is 0.643. The molecule has 2 N–H and O–H groups in total. The highest BCUT2D eigenvalue weighted by molar-refractivity contribution is 5.76. The summed E-state index contributed by atoms with van der Waals surface area (Å²) in [7, 11) is 0. The zero-order valence-corrected chi connectivity index (χ0v) is 10.7. The summed E-state index contributed by atoms with van der Waals surface area (Å²) in [6.45, 7) is 1.73. The van der Waals surface area contributed by atoms with Crippen molar-refractivity contribution in [1.29, 1.82) is 0 Å². The Kier molecular flexibility index (Phi) is 3.37. The van der Waals surface area contributed by atoms with Crippen LogP contribution in [-0.4, -0.2) is 22.6 Å². The summed E-state index contributed by atoms with van der Waals surface area (Å²) in [6.07, 6.45) is 9.75. The quantitative estimate of drug-likeness (QED) is 0.765. The predicted octanol–water partition coefficient (Wildman–Crippen LogP) is 1.41. The maximum Gasteiger partial charge on any atom is 0.222 e. The monoisotopic (exact) mass is 247 g/mol. The summed E-state index contributed by atoms with van der Waals surface area (Å²) in [4.78, 5) is 11.6. The van der Waals surface area contributed by atoms with Gasteiger partial charge in [-0.1, -0.05) is 0 Å². The van der Waals surface area contributed by atoms with Crippen LogP contribution in [0.2, 0.25) is 0 Å². The second-order valence-corrected chi connectivity index (χ2v) is 5.50. The lowest BCUT2D eigenvalue weighted by Crippen LogP contribution is -2.26. The van der Waals surface area contributed by atoms with Gasteiger partial charge in [0.05, 0.1) is 0 Å². The minimum atomic E-state index is 0.184. The molecule has 0 aliphatic heterocycles. The topological polar surface area (TPSA) is 46.1 Å². The average Bonchev–Trinajstić information content (AvgIpc) is 3.27. The van der Waals surface area contributed by atoms with Crippen LogP contribution in [-0.2, 0) is 17.9 Å². The summed E-state index contributed by atoms with van der Waals surface area (Å²) >= 11 is 0. The summed E-state index contributed by atoms with van der Waals surface area (Å²) in [5.41, 5.74) is 1.31. The molecule has 0 atom stereocenters. The molecule has 3 rings (SSSR count). The maximum absolute atomic E-state index is 11.6. The van der Waals surface area contributed by atoms with E-state index in [0.29, 0.717) is 12.5 Å². The largest absolute Gasteiger partial charge is 0.353 e. The first-order valence-corrected chi connectivity index (χ1v) is 6.97. The van der Waals surface area contributed by atoms with Crippen LogP contribution in [0.3, 0.4) is 0 Å². The number of carbonyl (C=O) groups is 1. The molecule has 0 aromatic carbocycles. The van der Waals surface area contributed by atoms with Gasteiger partial charge in [0.1, 0.15) is 0 Å². The van der Waals surface area contributed by atoms with Crippen LogP contribution in [0.4, 0.5) is 0 Å². The van der Waals surface area contributed by atoms with Gasteiger partial charge in [-0.2, -0.15) is 0 Å². The van der Waals surface area contributed by atoms with E-state index in [-0.39, 0.29) is 5.91 Å². The highest BCUT2D eigenvalue weighted by Crippen LogP contribution is 2.19. The first-order chi connectivity index (χ1) is 8.79. The van der Waals surface area contributed by atoms with Crippen LogP contribution in [0.1, 0.15) is 37.7 Å². The van der Waals surface area contributed by atoms with Crippen molar-refractivity contribution in [3.63, 3.8) is 0 Å². The van der Waals surface area contributed by atoms with E-state index in [1.807, 2.05) is 0 Å². The zero-order valence-electron chi connectivity index (χ0n) is 10.7. The Morgan fingerprint density at radius 3 is 2.78 bits per heavy atom. The maximum atomic E-state index is 11.6. The molecule has 2 fully saturated rings. The Balaban J connectivity index is 1.39. The van der Waals surface area contributed by atoms with Crippen molar-refractivity contribution >= 4 is 5.91 Å². The third-order valence-corrected chi connectivity index (χ3v) is 3.52. The molecule has 4 nitrogen and oxygen atoms in total. The number of amides is 1. The molecule has 0 saturated heterocycles. The Labute approximate surface area is 108 Å². The van der Waals surface area contributed by atoms with E-state index in [0.717, 1.165) is 32.0 Å². The third-order valence-electron chi connectivity index (χ3n) is 3.52. The van der Waals surface area contributed by atoms with E-state index in [1.165, 1.54) is 18.4 Å². The molecule has 4 heteroatoms. The number of aryl methyl sites for hydroxylation is 1. The Morgan fingerprint density at radius 2 is 2.06 bits per heavy atom. The second kappa shape index (κ2) is 5.14. The van der Waals surface area contributed by atoms with Gasteiger partial charge >= 0.3 is 0 Å². The molecular formula is C14H21N3O. The molecule has 1 aromatic rings. The van der Waals surface area contributed by atoms with Crippen LogP contribution in [0.5, 0.6) is 0 Å². The van der Waals surface area contributed by atoms with Gasteiger partial charge in [0.2, 0.25) is 5.91 Å². The van der Waals surface area contributed by atoms with Crippen molar-refractivity contribution in [2.45, 2.75) is 57.3 Å². The van der Waals surface area contributed by atoms with Crippen molar-refractivity contribution in [1.82, 2.24) is 15.2 Å². The standard InChI is InChI=1S/C14H21N3O/c18-14(16-13-3-4-13)6-8-17-7-5-11(10-17)9-15-12-1-2-12/h5,7,10,12-13,15H,1-4,6,8-9H2,(H,16,18). The third kappa shape index (κ3) is 3.60. The Hall–Kier alpha value is -1.29. The summed E-state index contributed by atoms with van der Waals surface area (Å²) in [6, 6.07) is 3.35. The lowest BCUT2D eigenvalue weighted by molar-refractivity contribution is -0.121. The number of carbonyl (C=O) groups excluding carboxylic acids is 1. The Bertz CT molecular complexity index is 418. The smallest absolute Gasteiger partial charge is 0.222 e. The summed E-state index contributed by atoms with van der Waals surface area (Å²) < 4.78 is 2.11. The van der Waals surface area contributed by atoms with Crippen LogP contribution in [0.15, 0.2) is 18.5 Å². The predicted molar refractivity (Wildman–Crippen MR) is 70.1 cm³/mol. The van der Waals surface area contributed by atoms with Crippen molar-refractivity contribution in [2.24, 2.45) is 0 Å². The molecule has 0 spiro atoms. The fourth-order valence-corrected chi connectivity index (χ4v) is 2.04. The van der Waals surface area contributed by atoms with Gasteiger partial charge in [-0.25, -0.2) is 0 Å². The number of hydrogen-bond donors (Lipinski definition) is 2. The fourth-order valence-electron chi connectivity index (χ4n) is 2.04. The highest BCUT2D eigenvalue weighted by atomic mass is 16.1. The zero-order chi connectivity index (χ0) is 12.4. The Morgan fingerprint density at radius 1 is 1.28 bits per heavy atom. The number of hydrogen-bond acceptors (Lipinski definition) is 2. The minimum Gasteiger partial charge on any atom is -0.353 e. The van der Waals surface area contributed by atoms with E-state index in [4.69, 9.17) is 0 Å². The van der Waals surface area contributed by atoms with Gasteiger partial charge in [0.25, 0.3) is 0 Å². The SMILES string of the molecule is O=C(CCn1ccc(CNC2CC2)c1)NC1CC1. The highest BCUT2D eigenvalue weighted by Gasteiger charge is 2.23. The average molecular weight is 247 g/mol. The molecule has 98 valence electrons. The minimum absolute atomic E-state index is 0.184. The van der Waals surface area contributed by atoms with Gasteiger partial charge in [-0.15, -0.1) is 0 Å². The van der Waals surface area contributed by atoms with Crippen molar-refractivity contribution < 1.29 is 4.79 Å². The number of nitrogens with zero attached hydrogens (tertiary/aromatic N) is 1. The van der Waals surface area contributed by atoms with Crippen molar-refractivity contribution in [2.75, 3.05) is 0 Å². The second-order valence-electron chi connectivity index (χ2n) is 5.50.